The molecule has 2 aromatic rings. The first kappa shape index (κ1) is 58.8. The number of nitrogens with two attached hydrogens (primary N) is 1. The molecule has 1 fully saturated rings. The number of hydrogen-bond acceptors (Lipinski definition) is 14. The van der Waals surface area contributed by atoms with Crippen molar-refractivity contribution in [3.8, 4) is 5.75 Å². The lowest BCUT2D eigenvalue weighted by molar-refractivity contribution is -0.156. The topological polar surface area (TPSA) is 321 Å². The van der Waals surface area contributed by atoms with Gasteiger partial charge in [-0.15, -0.1) is 0 Å². The Bertz CT molecular complexity index is 2550. The minimum Gasteiger partial charge on any atom is -0.486 e. The van der Waals surface area contributed by atoms with Gasteiger partial charge >= 0.3 is 12.1 Å². The van der Waals surface area contributed by atoms with Crippen molar-refractivity contribution in [1.82, 2.24) is 36.6 Å². The Balaban J connectivity index is 1.61. The number of Topliss-reactive ketones (excluding diaryl/α,β-unsaturated/α-hetero) is 1. The molecule has 402 valence electrons. The summed E-state index contributed by atoms with van der Waals surface area (Å²) in [6.07, 6.45) is -0.811. The van der Waals surface area contributed by atoms with E-state index in [0.717, 1.165) is 0 Å². The van der Waals surface area contributed by atoms with Crippen molar-refractivity contribution in [3.63, 3.8) is 0 Å². The molecule has 0 radical (unpaired) electrons. The van der Waals surface area contributed by atoms with Crippen LogP contribution in [0.1, 0.15) is 133 Å². The maximum Gasteiger partial charge on any atom is 0.407 e. The number of benzene rings is 2. The van der Waals surface area contributed by atoms with E-state index < -0.39 is 112 Å². The molecule has 4 atom stereocenters. The lowest BCUT2D eigenvalue weighted by Gasteiger charge is -2.34. The highest BCUT2D eigenvalue weighted by Gasteiger charge is 2.39. The molecule has 6 amide bonds. The van der Waals surface area contributed by atoms with Gasteiger partial charge in [0.25, 0.3) is 10.0 Å². The van der Waals surface area contributed by atoms with Crippen LogP contribution < -0.4 is 47.1 Å². The maximum absolute atomic E-state index is 14.3. The number of nitrogens with zero attached hydrogens (tertiary/aromatic N) is 1. The standard InChI is InChI=1S/C50H73N9O13S/c1-28-29(2)41(30(3)39-36(60)26-50(10,11)71-40(28)39)73(68,69)59-46(51)52-23-17-21-32-42(63)54-27-37(61)55-35(25-38(62)70-48(4,5)6)45(66)58-34(24-31-18-13-12-14-19-31)44(65)57-33(43(64)56-32)20-15-16-22-53-47(67)72-49(7,8)9/h12-14,18-19,32-35H,15-17,20-27H2,1-11H3,(H,53,67)(H,54,63)(H,55,61)(H,56,64)(H,57,65)(H,58,66)(H3,51,52,59)/t32-,33-,34+,35-/m0/s1. The van der Waals surface area contributed by atoms with Gasteiger partial charge in [0, 0.05) is 19.5 Å². The lowest BCUT2D eigenvalue weighted by Crippen LogP contribution is -2.58. The van der Waals surface area contributed by atoms with Crippen LogP contribution in [0.3, 0.4) is 0 Å². The maximum atomic E-state index is 14.3. The summed E-state index contributed by atoms with van der Waals surface area (Å²) < 4.78 is 46.8. The van der Waals surface area contributed by atoms with Crippen LogP contribution in [-0.2, 0) is 54.7 Å². The lowest BCUT2D eigenvalue weighted by atomic mass is 9.87. The van der Waals surface area contributed by atoms with Gasteiger partial charge in [-0.1, -0.05) is 30.3 Å². The van der Waals surface area contributed by atoms with Crippen LogP contribution in [-0.4, -0.2) is 122 Å². The first-order valence-electron chi connectivity index (χ1n) is 24.3. The van der Waals surface area contributed by atoms with Crippen LogP contribution in [0.2, 0.25) is 0 Å². The van der Waals surface area contributed by atoms with Crippen LogP contribution >= 0.6 is 0 Å². The molecule has 0 unspecified atom stereocenters. The van der Waals surface area contributed by atoms with E-state index in [9.17, 15) is 46.8 Å². The molecule has 2 aliphatic rings. The highest BCUT2D eigenvalue weighted by Crippen LogP contribution is 2.42. The summed E-state index contributed by atoms with van der Waals surface area (Å²) in [5, 5.41) is 15.6. The third-order valence-electron chi connectivity index (χ3n) is 11.5. The number of hydrogen-bond donors (Lipinski definition) is 8. The summed E-state index contributed by atoms with van der Waals surface area (Å²) in [6.45, 7) is 17.6. The molecule has 22 nitrogen and oxygen atoms in total. The van der Waals surface area contributed by atoms with Crippen molar-refractivity contribution in [2.75, 3.05) is 19.6 Å². The molecular weight excluding hydrogens is 967 g/mol. The van der Waals surface area contributed by atoms with Crippen LogP contribution in [0.5, 0.6) is 5.75 Å². The molecule has 4 rings (SSSR count). The van der Waals surface area contributed by atoms with E-state index in [2.05, 4.69) is 41.6 Å². The monoisotopic (exact) mass is 1040 g/mol. The SMILES string of the molecule is Cc1c(C)c(S(=O)(=O)NC(N)=NCCC[C@@H]2NC(=O)[C@H](CCCCNC(=O)OC(C)(C)C)NC(=O)[C@@H](Cc3ccccc3)NC(=O)[C@H](CC(=O)OC(C)(C)C)NC(=O)CNC2=O)c(C)c2c1OC(C)(C)CC2=O. The van der Waals surface area contributed by atoms with Crippen molar-refractivity contribution >= 4 is 63.4 Å². The number of unbranched alkanes of at least 4 members (excludes halogenated alkanes) is 1. The first-order valence-corrected chi connectivity index (χ1v) is 25.7. The van der Waals surface area contributed by atoms with E-state index in [-0.39, 0.29) is 73.4 Å². The van der Waals surface area contributed by atoms with E-state index in [0.29, 0.717) is 28.9 Å². The number of sulfonamides is 1. The fourth-order valence-corrected chi connectivity index (χ4v) is 9.65. The number of aliphatic imine (C=N–C) groups is 1. The van der Waals surface area contributed by atoms with Crippen molar-refractivity contribution in [1.29, 1.82) is 0 Å². The van der Waals surface area contributed by atoms with Crippen molar-refractivity contribution in [2.45, 2.75) is 173 Å². The number of nitrogens with one attached hydrogen (secondary N) is 7. The Morgan fingerprint density at radius 2 is 1.34 bits per heavy atom. The molecule has 9 N–H and O–H groups in total. The number of esters is 1. The average molecular weight is 1040 g/mol. The molecule has 2 aliphatic heterocycles. The Hall–Kier alpha value is -6.78. The van der Waals surface area contributed by atoms with Gasteiger partial charge in [0.1, 0.15) is 46.7 Å². The van der Waals surface area contributed by atoms with Crippen LogP contribution in [0.4, 0.5) is 4.79 Å². The quantitative estimate of drug-likeness (QED) is 0.0550. The summed E-state index contributed by atoms with van der Waals surface area (Å²) in [4.78, 5) is 112. The Morgan fingerprint density at radius 1 is 0.767 bits per heavy atom. The van der Waals surface area contributed by atoms with E-state index in [1.807, 2.05) is 0 Å². The number of guanidine groups is 1. The molecule has 0 aromatic heterocycles. The van der Waals surface area contributed by atoms with Crippen LogP contribution in [0.15, 0.2) is 40.2 Å². The van der Waals surface area contributed by atoms with Crippen molar-refractivity contribution in [3.05, 3.63) is 58.1 Å². The predicted octanol–water partition coefficient (Wildman–Crippen LogP) is 2.47. The Labute approximate surface area is 427 Å². The number of fused-ring (bicyclic) bond motifs is 1. The predicted molar refractivity (Wildman–Crippen MR) is 270 cm³/mol. The van der Waals surface area contributed by atoms with E-state index in [1.54, 1.807) is 99.6 Å². The van der Waals surface area contributed by atoms with Crippen LogP contribution in [0.25, 0.3) is 0 Å². The largest absolute Gasteiger partial charge is 0.486 e. The second-order valence-corrected chi connectivity index (χ2v) is 22.4. The highest BCUT2D eigenvalue weighted by atomic mass is 32.2. The minimum absolute atomic E-state index is 0.00193. The van der Waals surface area contributed by atoms with E-state index in [4.69, 9.17) is 19.9 Å². The first-order chi connectivity index (χ1) is 33.9. The smallest absolute Gasteiger partial charge is 0.407 e. The summed E-state index contributed by atoms with van der Waals surface area (Å²) in [5.74, 6) is -5.50. The molecule has 0 bridgehead atoms. The molecule has 73 heavy (non-hydrogen) atoms. The highest BCUT2D eigenvalue weighted by molar-refractivity contribution is 7.90. The zero-order chi connectivity index (χ0) is 54.6. The number of ketones is 1. The van der Waals surface area contributed by atoms with Gasteiger partial charge in [0.15, 0.2) is 5.78 Å². The second kappa shape index (κ2) is 24.8. The summed E-state index contributed by atoms with van der Waals surface area (Å²) in [5.41, 5.74) is 5.46. The Kier molecular flexibility index (Phi) is 19.9. The molecule has 0 saturated carbocycles. The third-order valence-corrected chi connectivity index (χ3v) is 13.1. The molecule has 1 saturated heterocycles. The normalized spacial score (nSPS) is 20.3. The summed E-state index contributed by atoms with van der Waals surface area (Å²) in [6, 6.07) is 3.10. The molecule has 0 spiro atoms. The zero-order valence-corrected chi connectivity index (χ0v) is 44.5. The number of ether oxygens (including phenoxy) is 3. The van der Waals surface area contributed by atoms with Crippen molar-refractivity contribution < 1.29 is 61.0 Å². The van der Waals surface area contributed by atoms with Gasteiger partial charge in [0.05, 0.1) is 29.8 Å². The van der Waals surface area contributed by atoms with Gasteiger partial charge in [0.2, 0.25) is 35.5 Å². The van der Waals surface area contributed by atoms with Gasteiger partial charge in [-0.05, 0) is 131 Å². The number of carbonyl (C=O) groups excluding carboxylic acids is 8. The summed E-state index contributed by atoms with van der Waals surface area (Å²) in [7, 11) is -4.40. The van der Waals surface area contributed by atoms with E-state index >= 15 is 0 Å². The Morgan fingerprint density at radius 3 is 1.97 bits per heavy atom. The van der Waals surface area contributed by atoms with Crippen LogP contribution in [0, 0.1) is 20.8 Å². The molecule has 23 heteroatoms. The molecular formula is C50H73N9O13S. The number of rotatable bonds is 15. The number of alkyl carbamates (subject to hydrolysis) is 1. The summed E-state index contributed by atoms with van der Waals surface area (Å²) >= 11 is 0. The minimum atomic E-state index is -4.40. The zero-order valence-electron chi connectivity index (χ0n) is 43.7. The van der Waals surface area contributed by atoms with Gasteiger partial charge < -0.3 is 51.8 Å². The van der Waals surface area contributed by atoms with E-state index in [1.165, 1.54) is 6.92 Å². The number of amides is 6. The van der Waals surface area contributed by atoms with Gasteiger partial charge in [-0.2, -0.15) is 0 Å². The van der Waals surface area contributed by atoms with Crippen molar-refractivity contribution in [2.24, 2.45) is 10.7 Å². The average Bonchev–Trinajstić information content (AvgIpc) is 3.25. The number of carbonyl (C=O) groups is 8. The fourth-order valence-electron chi connectivity index (χ4n) is 8.15. The third kappa shape index (κ3) is 18.0. The molecule has 2 heterocycles. The second-order valence-electron chi connectivity index (χ2n) is 20.8. The molecule has 0 aliphatic carbocycles. The van der Waals surface area contributed by atoms with Gasteiger partial charge in [-0.25, -0.2) is 17.9 Å². The van der Waals surface area contributed by atoms with Gasteiger partial charge in [-0.3, -0.25) is 38.6 Å². The molecule has 2 aromatic carbocycles. The fraction of sp³-hybridized carbons (Fsp3) is 0.580.